The number of carbonyl (C=O) groups is 1. The molecular formula is C14H20F3N3OS. The standard InChI is InChI=1S/C14H20F3N3OS/c1-19(7-4-12-18-5-8-22-12)13(21)11-3-2-6-20(9-11)10-14(15,16)17/h5,8,11H,2-4,6-7,9-10H2,1H3. The lowest BCUT2D eigenvalue weighted by molar-refractivity contribution is -0.154. The molecule has 1 fully saturated rings. The highest BCUT2D eigenvalue weighted by atomic mass is 32.1. The Kier molecular flexibility index (Phi) is 5.80. The third kappa shape index (κ3) is 5.24. The molecule has 0 aliphatic carbocycles. The van der Waals surface area contributed by atoms with Crippen molar-refractivity contribution in [2.75, 3.05) is 33.2 Å². The van der Waals surface area contributed by atoms with E-state index in [4.69, 9.17) is 0 Å². The predicted octanol–water partition coefficient (Wildman–Crippen LogP) is 2.42. The van der Waals surface area contributed by atoms with Crippen molar-refractivity contribution in [1.29, 1.82) is 0 Å². The number of carbonyl (C=O) groups excluding carboxylic acids is 1. The van der Waals surface area contributed by atoms with Gasteiger partial charge < -0.3 is 4.90 Å². The van der Waals surface area contributed by atoms with Gasteiger partial charge in [0.05, 0.1) is 17.5 Å². The first-order valence-electron chi connectivity index (χ1n) is 7.27. The summed E-state index contributed by atoms with van der Waals surface area (Å²) in [6.07, 6.45) is -0.514. The highest BCUT2D eigenvalue weighted by Crippen LogP contribution is 2.23. The molecule has 1 aromatic heterocycles. The second-order valence-corrected chi connectivity index (χ2v) is 6.60. The zero-order chi connectivity index (χ0) is 16.2. The average molecular weight is 335 g/mol. The number of piperidine rings is 1. The van der Waals surface area contributed by atoms with Gasteiger partial charge in [0.25, 0.3) is 0 Å². The normalized spacial score (nSPS) is 20.1. The molecule has 1 atom stereocenters. The number of amides is 1. The SMILES string of the molecule is CN(CCc1nccs1)C(=O)C1CCCN(CC(F)(F)F)C1. The van der Waals surface area contributed by atoms with Gasteiger partial charge in [0.2, 0.25) is 5.91 Å². The fourth-order valence-electron chi connectivity index (χ4n) is 2.72. The Morgan fingerprint density at radius 1 is 1.55 bits per heavy atom. The van der Waals surface area contributed by atoms with Gasteiger partial charge >= 0.3 is 6.18 Å². The van der Waals surface area contributed by atoms with Crippen LogP contribution in [-0.2, 0) is 11.2 Å². The summed E-state index contributed by atoms with van der Waals surface area (Å²) in [7, 11) is 1.71. The van der Waals surface area contributed by atoms with E-state index in [9.17, 15) is 18.0 Å². The van der Waals surface area contributed by atoms with Gasteiger partial charge in [-0.2, -0.15) is 13.2 Å². The van der Waals surface area contributed by atoms with E-state index in [-0.39, 0.29) is 18.4 Å². The zero-order valence-electron chi connectivity index (χ0n) is 12.5. The largest absolute Gasteiger partial charge is 0.401 e. The van der Waals surface area contributed by atoms with Crippen LogP contribution in [0.1, 0.15) is 17.8 Å². The molecule has 1 aliphatic rings. The Labute approximate surface area is 131 Å². The summed E-state index contributed by atoms with van der Waals surface area (Å²) >= 11 is 1.54. The van der Waals surface area contributed by atoms with E-state index in [0.717, 1.165) is 5.01 Å². The van der Waals surface area contributed by atoms with E-state index >= 15 is 0 Å². The van der Waals surface area contributed by atoms with Crippen LogP contribution < -0.4 is 0 Å². The van der Waals surface area contributed by atoms with Gasteiger partial charge in [0.15, 0.2) is 0 Å². The van der Waals surface area contributed by atoms with Crippen molar-refractivity contribution in [3.63, 3.8) is 0 Å². The first kappa shape index (κ1) is 17.2. The maximum absolute atomic E-state index is 12.5. The number of hydrogen-bond acceptors (Lipinski definition) is 4. The molecule has 0 spiro atoms. The second-order valence-electron chi connectivity index (χ2n) is 5.63. The van der Waals surface area contributed by atoms with Crippen LogP contribution in [0.15, 0.2) is 11.6 Å². The molecule has 0 radical (unpaired) electrons. The Balaban J connectivity index is 1.82. The minimum Gasteiger partial charge on any atom is -0.345 e. The Morgan fingerprint density at radius 3 is 2.95 bits per heavy atom. The van der Waals surface area contributed by atoms with Gasteiger partial charge in [0, 0.05) is 38.1 Å². The fraction of sp³-hybridized carbons (Fsp3) is 0.714. The quantitative estimate of drug-likeness (QED) is 0.829. The van der Waals surface area contributed by atoms with Crippen LogP contribution in [0.4, 0.5) is 13.2 Å². The van der Waals surface area contributed by atoms with E-state index in [1.165, 1.54) is 16.2 Å². The monoisotopic (exact) mass is 335 g/mol. The molecule has 4 nitrogen and oxygen atoms in total. The van der Waals surface area contributed by atoms with Gasteiger partial charge in [-0.15, -0.1) is 11.3 Å². The van der Waals surface area contributed by atoms with Crippen molar-refractivity contribution >= 4 is 17.2 Å². The highest BCUT2D eigenvalue weighted by Gasteiger charge is 2.35. The molecule has 0 N–H and O–H groups in total. The summed E-state index contributed by atoms with van der Waals surface area (Å²) in [5.74, 6) is -0.402. The lowest BCUT2D eigenvalue weighted by Gasteiger charge is -2.34. The van der Waals surface area contributed by atoms with Crippen molar-refractivity contribution in [1.82, 2.24) is 14.8 Å². The molecule has 1 aromatic rings. The summed E-state index contributed by atoms with van der Waals surface area (Å²) in [6.45, 7) is 0.216. The number of nitrogens with zero attached hydrogens (tertiary/aromatic N) is 3. The number of thiazole rings is 1. The fourth-order valence-corrected chi connectivity index (χ4v) is 3.33. The lowest BCUT2D eigenvalue weighted by atomic mass is 9.96. The number of likely N-dealkylation sites (tertiary alicyclic amines) is 1. The number of likely N-dealkylation sites (N-methyl/N-ethyl adjacent to an activating group) is 1. The van der Waals surface area contributed by atoms with Crippen LogP contribution in [0.3, 0.4) is 0 Å². The first-order valence-corrected chi connectivity index (χ1v) is 8.15. The van der Waals surface area contributed by atoms with Crippen molar-refractivity contribution in [2.24, 2.45) is 5.92 Å². The van der Waals surface area contributed by atoms with Crippen molar-refractivity contribution < 1.29 is 18.0 Å². The molecule has 0 bridgehead atoms. The molecule has 1 unspecified atom stereocenters. The lowest BCUT2D eigenvalue weighted by Crippen LogP contribution is -2.46. The van der Waals surface area contributed by atoms with Crippen molar-refractivity contribution in [3.05, 3.63) is 16.6 Å². The van der Waals surface area contributed by atoms with E-state index in [1.54, 1.807) is 18.1 Å². The first-order chi connectivity index (χ1) is 10.3. The van der Waals surface area contributed by atoms with Crippen LogP contribution >= 0.6 is 11.3 Å². The number of halogens is 3. The van der Waals surface area contributed by atoms with Crippen molar-refractivity contribution in [3.8, 4) is 0 Å². The minimum atomic E-state index is -4.21. The third-order valence-corrected chi connectivity index (χ3v) is 4.62. The van der Waals surface area contributed by atoms with E-state index in [2.05, 4.69) is 4.98 Å². The van der Waals surface area contributed by atoms with E-state index < -0.39 is 12.7 Å². The minimum absolute atomic E-state index is 0.0663. The second kappa shape index (κ2) is 7.41. The number of hydrogen-bond donors (Lipinski definition) is 0. The summed E-state index contributed by atoms with van der Waals surface area (Å²) < 4.78 is 37.4. The van der Waals surface area contributed by atoms with Crippen LogP contribution in [0.25, 0.3) is 0 Å². The maximum Gasteiger partial charge on any atom is 0.401 e. The Morgan fingerprint density at radius 2 is 2.32 bits per heavy atom. The molecule has 22 heavy (non-hydrogen) atoms. The zero-order valence-corrected chi connectivity index (χ0v) is 13.3. The van der Waals surface area contributed by atoms with Gasteiger partial charge in [-0.05, 0) is 19.4 Å². The maximum atomic E-state index is 12.5. The molecule has 2 rings (SSSR count). The molecule has 0 aromatic carbocycles. The molecule has 1 saturated heterocycles. The molecular weight excluding hydrogens is 315 g/mol. The molecule has 124 valence electrons. The number of alkyl halides is 3. The summed E-state index contributed by atoms with van der Waals surface area (Å²) in [5, 5.41) is 2.84. The molecule has 0 saturated carbocycles. The third-order valence-electron chi connectivity index (χ3n) is 3.78. The summed E-state index contributed by atoms with van der Waals surface area (Å²) in [5.41, 5.74) is 0. The number of rotatable bonds is 5. The van der Waals surface area contributed by atoms with Crippen LogP contribution in [0.2, 0.25) is 0 Å². The average Bonchev–Trinajstić information content (AvgIpc) is 2.95. The van der Waals surface area contributed by atoms with E-state index in [0.29, 0.717) is 32.4 Å². The van der Waals surface area contributed by atoms with Crippen molar-refractivity contribution in [2.45, 2.75) is 25.4 Å². The molecule has 1 amide bonds. The van der Waals surface area contributed by atoms with Crippen LogP contribution in [0.5, 0.6) is 0 Å². The Hall–Kier alpha value is -1.15. The topological polar surface area (TPSA) is 36.4 Å². The van der Waals surface area contributed by atoms with Gasteiger partial charge in [-0.1, -0.05) is 0 Å². The molecule has 8 heteroatoms. The molecule has 1 aliphatic heterocycles. The van der Waals surface area contributed by atoms with Crippen LogP contribution in [0, 0.1) is 5.92 Å². The van der Waals surface area contributed by atoms with Crippen LogP contribution in [-0.4, -0.2) is 60.1 Å². The van der Waals surface area contributed by atoms with Gasteiger partial charge in [-0.3, -0.25) is 9.69 Å². The van der Waals surface area contributed by atoms with Gasteiger partial charge in [0.1, 0.15) is 0 Å². The predicted molar refractivity (Wildman–Crippen MR) is 78.7 cm³/mol. The number of aromatic nitrogens is 1. The van der Waals surface area contributed by atoms with E-state index in [1.807, 2.05) is 5.38 Å². The Bertz CT molecular complexity index is 478. The van der Waals surface area contributed by atoms with Gasteiger partial charge in [-0.25, -0.2) is 4.98 Å². The summed E-state index contributed by atoms with van der Waals surface area (Å²) in [6, 6.07) is 0. The molecule has 2 heterocycles. The summed E-state index contributed by atoms with van der Waals surface area (Å²) in [4.78, 5) is 19.5. The smallest absolute Gasteiger partial charge is 0.345 e. The highest BCUT2D eigenvalue weighted by molar-refractivity contribution is 7.09.